The fourth-order valence-corrected chi connectivity index (χ4v) is 2.78. The summed E-state index contributed by atoms with van der Waals surface area (Å²) in [5, 5.41) is 0.289. The maximum Gasteiger partial charge on any atom is 0.227 e. The topological polar surface area (TPSA) is 48.0 Å². The molecule has 0 aliphatic rings. The van der Waals surface area contributed by atoms with Crippen LogP contribution < -0.4 is 14.2 Å². The molecule has 26 heavy (non-hydrogen) atoms. The van der Waals surface area contributed by atoms with E-state index in [0.29, 0.717) is 22.8 Å². The van der Waals surface area contributed by atoms with Crippen LogP contribution in [0.5, 0.6) is 17.2 Å². The van der Waals surface area contributed by atoms with E-state index in [-0.39, 0.29) is 29.5 Å². The summed E-state index contributed by atoms with van der Waals surface area (Å²) in [4.78, 5) is 14.0. The number of likely N-dealkylation sites (N-methyl/N-ethyl adjacent to an activating group) is 1. The molecule has 5 nitrogen and oxygen atoms in total. The van der Waals surface area contributed by atoms with Crippen molar-refractivity contribution < 1.29 is 23.4 Å². The van der Waals surface area contributed by atoms with Gasteiger partial charge in [-0.2, -0.15) is 0 Å². The highest BCUT2D eigenvalue weighted by atomic mass is 35.5. The molecule has 0 aliphatic heterocycles. The van der Waals surface area contributed by atoms with Gasteiger partial charge in [0.2, 0.25) is 11.7 Å². The highest BCUT2D eigenvalue weighted by Crippen LogP contribution is 2.38. The Morgan fingerprint density at radius 3 is 2.23 bits per heavy atom. The third-order valence-corrected chi connectivity index (χ3v) is 4.32. The molecule has 2 aromatic rings. The highest BCUT2D eigenvalue weighted by Gasteiger charge is 2.18. The second kappa shape index (κ2) is 8.76. The zero-order valence-corrected chi connectivity index (χ0v) is 15.9. The maximum atomic E-state index is 13.9. The molecule has 0 saturated carbocycles. The van der Waals surface area contributed by atoms with Crippen LogP contribution in [-0.2, 0) is 17.8 Å². The zero-order chi connectivity index (χ0) is 19.3. The summed E-state index contributed by atoms with van der Waals surface area (Å²) in [5.41, 5.74) is 0.978. The lowest BCUT2D eigenvalue weighted by Crippen LogP contribution is -2.28. The molecule has 0 saturated heterocycles. The average Bonchev–Trinajstić information content (AvgIpc) is 2.63. The molecular formula is C19H21ClFNO4. The molecule has 0 unspecified atom stereocenters. The van der Waals surface area contributed by atoms with Crippen LogP contribution in [0.2, 0.25) is 5.02 Å². The van der Waals surface area contributed by atoms with Crippen LogP contribution in [0.1, 0.15) is 11.1 Å². The molecule has 0 bridgehead atoms. The first-order valence-corrected chi connectivity index (χ1v) is 8.24. The summed E-state index contributed by atoms with van der Waals surface area (Å²) in [6.45, 7) is 0.0781. The minimum absolute atomic E-state index is 0.0781. The van der Waals surface area contributed by atoms with Crippen molar-refractivity contribution in [3.05, 3.63) is 52.3 Å². The minimum Gasteiger partial charge on any atom is -0.493 e. The van der Waals surface area contributed by atoms with E-state index in [1.165, 1.54) is 38.4 Å². The van der Waals surface area contributed by atoms with Crippen LogP contribution >= 0.6 is 11.6 Å². The Morgan fingerprint density at radius 2 is 1.73 bits per heavy atom. The van der Waals surface area contributed by atoms with Crippen LogP contribution in [-0.4, -0.2) is 39.2 Å². The van der Waals surface area contributed by atoms with E-state index in [1.54, 1.807) is 25.2 Å². The van der Waals surface area contributed by atoms with Gasteiger partial charge in [-0.25, -0.2) is 4.39 Å². The quantitative estimate of drug-likeness (QED) is 0.733. The van der Waals surface area contributed by atoms with Gasteiger partial charge in [0.1, 0.15) is 5.82 Å². The minimum atomic E-state index is -0.440. The molecule has 0 heterocycles. The molecule has 2 rings (SSSR count). The van der Waals surface area contributed by atoms with Gasteiger partial charge in [-0.05, 0) is 29.8 Å². The highest BCUT2D eigenvalue weighted by molar-refractivity contribution is 6.31. The van der Waals surface area contributed by atoms with E-state index in [9.17, 15) is 9.18 Å². The smallest absolute Gasteiger partial charge is 0.227 e. The van der Waals surface area contributed by atoms with E-state index in [1.807, 2.05) is 0 Å². The number of amides is 1. The predicted molar refractivity (Wildman–Crippen MR) is 97.7 cm³/mol. The van der Waals surface area contributed by atoms with Crippen LogP contribution in [0.3, 0.4) is 0 Å². The normalized spacial score (nSPS) is 10.4. The molecule has 0 aromatic heterocycles. The Balaban J connectivity index is 2.18. The van der Waals surface area contributed by atoms with Gasteiger partial charge in [-0.15, -0.1) is 0 Å². The van der Waals surface area contributed by atoms with Crippen molar-refractivity contribution in [1.29, 1.82) is 0 Å². The first kappa shape index (κ1) is 19.8. The monoisotopic (exact) mass is 381 g/mol. The first-order chi connectivity index (χ1) is 12.4. The summed E-state index contributed by atoms with van der Waals surface area (Å²) < 4.78 is 29.8. The number of carbonyl (C=O) groups is 1. The standard InChI is InChI=1S/C19H21ClFNO4/c1-22(11-13-14(20)6-5-7-15(13)21)18(23)10-12-8-16(24-2)19(26-4)17(9-12)25-3/h5-9H,10-11H2,1-4H3. The molecule has 2 aromatic carbocycles. The van der Waals surface area contributed by atoms with Crippen molar-refractivity contribution in [1.82, 2.24) is 4.90 Å². The molecule has 0 radical (unpaired) electrons. The van der Waals surface area contributed by atoms with Crippen molar-refractivity contribution in [2.45, 2.75) is 13.0 Å². The van der Waals surface area contributed by atoms with E-state index in [4.69, 9.17) is 25.8 Å². The lowest BCUT2D eigenvalue weighted by molar-refractivity contribution is -0.129. The van der Waals surface area contributed by atoms with Gasteiger partial charge in [-0.1, -0.05) is 17.7 Å². The Morgan fingerprint density at radius 1 is 1.12 bits per heavy atom. The lowest BCUT2D eigenvalue weighted by atomic mass is 10.1. The largest absolute Gasteiger partial charge is 0.493 e. The van der Waals surface area contributed by atoms with Gasteiger partial charge in [0, 0.05) is 24.2 Å². The van der Waals surface area contributed by atoms with Crippen molar-refractivity contribution >= 4 is 17.5 Å². The summed E-state index contributed by atoms with van der Waals surface area (Å²) in [6, 6.07) is 7.86. The number of rotatable bonds is 7. The number of hydrogen-bond acceptors (Lipinski definition) is 4. The fourth-order valence-electron chi connectivity index (χ4n) is 2.56. The molecule has 1 amide bonds. The summed E-state index contributed by atoms with van der Waals surface area (Å²) >= 11 is 6.03. The van der Waals surface area contributed by atoms with Crippen molar-refractivity contribution in [2.75, 3.05) is 28.4 Å². The van der Waals surface area contributed by atoms with Gasteiger partial charge in [0.15, 0.2) is 11.5 Å². The van der Waals surface area contributed by atoms with Crippen molar-refractivity contribution in [3.63, 3.8) is 0 Å². The molecule has 7 heteroatoms. The van der Waals surface area contributed by atoms with Crippen molar-refractivity contribution in [3.8, 4) is 17.2 Å². The van der Waals surface area contributed by atoms with E-state index < -0.39 is 5.82 Å². The Bertz CT molecular complexity index is 752. The maximum absolute atomic E-state index is 13.9. The third kappa shape index (κ3) is 4.38. The van der Waals surface area contributed by atoms with Crippen LogP contribution in [0.15, 0.2) is 30.3 Å². The van der Waals surface area contributed by atoms with Crippen LogP contribution in [0.4, 0.5) is 4.39 Å². The van der Waals surface area contributed by atoms with E-state index in [2.05, 4.69) is 0 Å². The Hall–Kier alpha value is -2.47. The van der Waals surface area contributed by atoms with E-state index in [0.717, 1.165) is 0 Å². The van der Waals surface area contributed by atoms with E-state index >= 15 is 0 Å². The summed E-state index contributed by atoms with van der Waals surface area (Å²) in [7, 11) is 6.13. The number of benzene rings is 2. The van der Waals surface area contributed by atoms with Gasteiger partial charge < -0.3 is 19.1 Å². The molecule has 0 fully saturated rings. The zero-order valence-electron chi connectivity index (χ0n) is 15.1. The van der Waals surface area contributed by atoms with Gasteiger partial charge in [0.25, 0.3) is 0 Å². The molecular weight excluding hydrogens is 361 g/mol. The summed E-state index contributed by atoms with van der Waals surface area (Å²) in [5.74, 6) is 0.755. The molecule has 0 spiro atoms. The van der Waals surface area contributed by atoms with Gasteiger partial charge in [0.05, 0.1) is 27.8 Å². The average molecular weight is 382 g/mol. The second-order valence-electron chi connectivity index (χ2n) is 5.66. The van der Waals surface area contributed by atoms with Gasteiger partial charge in [-0.3, -0.25) is 4.79 Å². The van der Waals surface area contributed by atoms with Crippen LogP contribution in [0, 0.1) is 5.82 Å². The summed E-state index contributed by atoms with van der Waals surface area (Å²) in [6.07, 6.45) is 0.0965. The Labute approximate surface area is 157 Å². The fraction of sp³-hybridized carbons (Fsp3) is 0.316. The van der Waals surface area contributed by atoms with Gasteiger partial charge >= 0.3 is 0 Å². The van der Waals surface area contributed by atoms with Crippen LogP contribution in [0.25, 0.3) is 0 Å². The number of ether oxygens (including phenoxy) is 3. The second-order valence-corrected chi connectivity index (χ2v) is 6.07. The molecule has 0 atom stereocenters. The molecule has 0 N–H and O–H groups in total. The number of carbonyl (C=O) groups excluding carboxylic acids is 1. The van der Waals surface area contributed by atoms with Crippen molar-refractivity contribution in [2.24, 2.45) is 0 Å². The number of nitrogens with zero attached hydrogens (tertiary/aromatic N) is 1. The number of methoxy groups -OCH3 is 3. The first-order valence-electron chi connectivity index (χ1n) is 7.87. The number of halogens is 2. The molecule has 140 valence electrons. The lowest BCUT2D eigenvalue weighted by Gasteiger charge is -2.19. The Kier molecular flexibility index (Phi) is 6.69. The SMILES string of the molecule is COc1cc(CC(=O)N(C)Cc2c(F)cccc2Cl)cc(OC)c1OC. The molecule has 0 aliphatic carbocycles. The predicted octanol–water partition coefficient (Wildman–Crippen LogP) is 3.71. The number of hydrogen-bond donors (Lipinski definition) is 0. The third-order valence-electron chi connectivity index (χ3n) is 3.96.